The topological polar surface area (TPSA) is 115 Å². The summed E-state index contributed by atoms with van der Waals surface area (Å²) in [6.07, 6.45) is 11.5. The third-order valence-corrected chi connectivity index (χ3v) is 9.54. The lowest BCUT2D eigenvalue weighted by Gasteiger charge is -2.50. The molecule has 1 unspecified atom stereocenters. The molecule has 8 nitrogen and oxygen atoms in total. The largest absolute Gasteiger partial charge is 0.462 e. The first kappa shape index (κ1) is 29.7. The van der Waals surface area contributed by atoms with E-state index in [1.54, 1.807) is 13.0 Å². The van der Waals surface area contributed by atoms with Gasteiger partial charge in [0.2, 0.25) is 0 Å². The minimum absolute atomic E-state index is 0.0587. The maximum absolute atomic E-state index is 13.9. The van der Waals surface area contributed by atoms with Crippen molar-refractivity contribution >= 4 is 5.97 Å². The van der Waals surface area contributed by atoms with Crippen LogP contribution < -0.4 is 0 Å². The highest BCUT2D eigenvalue weighted by molar-refractivity contribution is 5.78. The van der Waals surface area contributed by atoms with E-state index in [0.717, 1.165) is 19.3 Å². The van der Waals surface area contributed by atoms with E-state index in [2.05, 4.69) is 26.0 Å². The minimum Gasteiger partial charge on any atom is -0.462 e. The first-order valence-electron chi connectivity index (χ1n) is 15.0. The summed E-state index contributed by atoms with van der Waals surface area (Å²) in [5.41, 5.74) is 0.684. The van der Waals surface area contributed by atoms with Crippen molar-refractivity contribution in [1.82, 2.24) is 0 Å². The fourth-order valence-corrected chi connectivity index (χ4v) is 7.30. The molecule has 0 radical (unpaired) electrons. The van der Waals surface area contributed by atoms with Crippen LogP contribution in [0.4, 0.5) is 0 Å². The minimum atomic E-state index is -1.71. The van der Waals surface area contributed by atoms with Crippen molar-refractivity contribution in [3.63, 3.8) is 0 Å². The predicted molar refractivity (Wildman–Crippen MR) is 149 cm³/mol. The van der Waals surface area contributed by atoms with Crippen LogP contribution in [0.1, 0.15) is 72.6 Å². The number of aliphatic hydroxyl groups is 3. The third-order valence-electron chi connectivity index (χ3n) is 9.54. The van der Waals surface area contributed by atoms with Gasteiger partial charge in [-0.15, -0.1) is 0 Å². The Morgan fingerprint density at radius 3 is 2.73 bits per heavy atom. The maximum atomic E-state index is 13.9. The number of fused-ring (bicyclic) bond motifs is 2. The highest BCUT2D eigenvalue weighted by atomic mass is 16.7. The lowest BCUT2D eigenvalue weighted by Crippen LogP contribution is -2.58. The van der Waals surface area contributed by atoms with Crippen LogP contribution in [0, 0.1) is 17.8 Å². The zero-order valence-electron chi connectivity index (χ0n) is 24.3. The number of esters is 1. The Labute approximate surface area is 237 Å². The molecule has 0 aromatic carbocycles. The normalized spacial score (nSPS) is 47.8. The second kappa shape index (κ2) is 11.8. The second-order valence-corrected chi connectivity index (χ2v) is 12.6. The molecular weight excluding hydrogens is 512 g/mol. The van der Waals surface area contributed by atoms with E-state index in [4.69, 9.17) is 18.9 Å². The average molecular weight is 559 g/mol. The van der Waals surface area contributed by atoms with Crippen molar-refractivity contribution in [2.45, 2.75) is 115 Å². The number of rotatable bonds is 2. The number of ether oxygens (including phenoxy) is 4. The summed E-state index contributed by atoms with van der Waals surface area (Å²) in [7, 11) is 0. The molecule has 3 fully saturated rings. The van der Waals surface area contributed by atoms with Crippen molar-refractivity contribution < 1.29 is 39.1 Å². The van der Waals surface area contributed by atoms with E-state index in [1.807, 2.05) is 19.1 Å². The van der Waals surface area contributed by atoms with Crippen LogP contribution >= 0.6 is 0 Å². The SMILES string of the molecule is CC[C@H]1O[C@]2(CC[C@@H]1CO)C[C@@H]1C[C@@H](C/C=C(\C)C[C@@H](C)/C=C/C=C3\CO[C@@H]4[C@H](O)C(C)=CC(C(=O)O1)[C@]34O)O2. The molecule has 10 atom stereocenters. The van der Waals surface area contributed by atoms with Gasteiger partial charge in [-0.3, -0.25) is 4.79 Å². The Balaban J connectivity index is 1.50. The molecule has 3 saturated heterocycles. The van der Waals surface area contributed by atoms with Crippen LogP contribution in [0.15, 0.2) is 47.1 Å². The summed E-state index contributed by atoms with van der Waals surface area (Å²) in [6.45, 7) is 8.27. The molecule has 3 N–H and O–H groups in total. The van der Waals surface area contributed by atoms with Crippen LogP contribution in [0.2, 0.25) is 0 Å². The molecule has 1 spiro atoms. The molecule has 0 amide bonds. The van der Waals surface area contributed by atoms with Gasteiger partial charge in [0.15, 0.2) is 5.79 Å². The summed E-state index contributed by atoms with van der Waals surface area (Å²) in [5.74, 6) is -2.12. The van der Waals surface area contributed by atoms with Gasteiger partial charge >= 0.3 is 5.97 Å². The standard InChI is InChI=1S/C32H46O8/c1-5-27-22(17-33)11-12-31(40-27)16-25-15-24(39-31)10-9-20(3)13-19(2)7-6-8-23-18-37-29-28(34)21(4)14-26(30(35)38-25)32(23,29)36/h6-9,14,19,22,24-29,33-34,36H,5,10-13,15-18H2,1-4H3/b7-6+,20-9+,23-8+/t19-,22+,24+,25-,26?,27+,28+,29+,31+,32+/m0/s1. The van der Waals surface area contributed by atoms with Crippen molar-refractivity contribution in [1.29, 1.82) is 0 Å². The Morgan fingerprint density at radius 2 is 1.98 bits per heavy atom. The summed E-state index contributed by atoms with van der Waals surface area (Å²) in [6, 6.07) is 0. The van der Waals surface area contributed by atoms with Gasteiger partial charge in [0.05, 0.1) is 18.8 Å². The molecule has 1 aliphatic carbocycles. The quantitative estimate of drug-likeness (QED) is 0.346. The first-order valence-corrected chi connectivity index (χ1v) is 15.0. The van der Waals surface area contributed by atoms with Gasteiger partial charge in [-0.2, -0.15) is 0 Å². The average Bonchev–Trinajstić information content (AvgIpc) is 3.25. The fourth-order valence-electron chi connectivity index (χ4n) is 7.30. The van der Waals surface area contributed by atoms with Crippen LogP contribution in [0.5, 0.6) is 0 Å². The van der Waals surface area contributed by atoms with Crippen molar-refractivity contribution in [3.8, 4) is 0 Å². The predicted octanol–water partition coefficient (Wildman–Crippen LogP) is 3.90. The third kappa shape index (κ3) is 5.63. The number of hydrogen-bond donors (Lipinski definition) is 3. The van der Waals surface area contributed by atoms with Gasteiger partial charge in [0, 0.05) is 31.8 Å². The first-order chi connectivity index (χ1) is 19.1. The maximum Gasteiger partial charge on any atom is 0.316 e. The van der Waals surface area contributed by atoms with Gasteiger partial charge < -0.3 is 34.3 Å². The highest BCUT2D eigenvalue weighted by Crippen LogP contribution is 2.47. The van der Waals surface area contributed by atoms with Crippen LogP contribution in [-0.4, -0.2) is 76.4 Å². The molecule has 5 rings (SSSR count). The van der Waals surface area contributed by atoms with Gasteiger partial charge in [-0.25, -0.2) is 0 Å². The fraction of sp³-hybridized carbons (Fsp3) is 0.719. The summed E-state index contributed by atoms with van der Waals surface area (Å²) < 4.78 is 25.3. The van der Waals surface area contributed by atoms with Gasteiger partial charge in [-0.1, -0.05) is 49.8 Å². The van der Waals surface area contributed by atoms with Gasteiger partial charge in [0.25, 0.3) is 0 Å². The number of carbonyl (C=O) groups excluding carboxylic acids is 1. The van der Waals surface area contributed by atoms with Gasteiger partial charge in [-0.05, 0) is 56.6 Å². The lowest BCUT2D eigenvalue weighted by atomic mass is 9.71. The number of allylic oxidation sites excluding steroid dienone is 4. The number of aliphatic hydroxyl groups excluding tert-OH is 2. The van der Waals surface area contributed by atoms with Crippen LogP contribution in [0.25, 0.3) is 0 Å². The molecule has 40 heavy (non-hydrogen) atoms. The highest BCUT2D eigenvalue weighted by Gasteiger charge is 2.60. The van der Waals surface area contributed by atoms with Crippen LogP contribution in [0.3, 0.4) is 0 Å². The molecule has 5 aliphatic rings. The van der Waals surface area contributed by atoms with Gasteiger partial charge in [0.1, 0.15) is 29.8 Å². The van der Waals surface area contributed by atoms with E-state index >= 15 is 0 Å². The van der Waals surface area contributed by atoms with E-state index in [-0.39, 0.29) is 37.3 Å². The molecule has 0 saturated carbocycles. The Kier molecular flexibility index (Phi) is 8.77. The monoisotopic (exact) mass is 558 g/mol. The Hall–Kier alpha value is -1.81. The van der Waals surface area contributed by atoms with Crippen molar-refractivity contribution in [2.24, 2.45) is 17.8 Å². The van der Waals surface area contributed by atoms with Crippen LogP contribution in [-0.2, 0) is 23.7 Å². The molecule has 8 heteroatoms. The zero-order chi connectivity index (χ0) is 28.7. The smallest absolute Gasteiger partial charge is 0.316 e. The Bertz CT molecular complexity index is 1080. The van der Waals surface area contributed by atoms with E-state index < -0.39 is 41.6 Å². The molecule has 2 bridgehead atoms. The molecule has 0 aromatic heterocycles. The van der Waals surface area contributed by atoms with Crippen molar-refractivity contribution in [2.75, 3.05) is 13.2 Å². The molecule has 4 aliphatic heterocycles. The van der Waals surface area contributed by atoms with E-state index in [1.165, 1.54) is 5.57 Å². The lowest BCUT2D eigenvalue weighted by molar-refractivity contribution is -0.337. The summed E-state index contributed by atoms with van der Waals surface area (Å²) in [4.78, 5) is 13.9. The number of carbonyl (C=O) groups is 1. The zero-order valence-corrected chi connectivity index (χ0v) is 24.3. The Morgan fingerprint density at radius 1 is 1.18 bits per heavy atom. The summed E-state index contributed by atoms with van der Waals surface area (Å²) in [5, 5.41) is 32.8. The molecule has 0 aromatic rings. The molecular formula is C32H46O8. The van der Waals surface area contributed by atoms with Crippen molar-refractivity contribution in [3.05, 3.63) is 47.1 Å². The summed E-state index contributed by atoms with van der Waals surface area (Å²) >= 11 is 0. The van der Waals surface area contributed by atoms with E-state index in [9.17, 15) is 20.1 Å². The molecule has 222 valence electrons. The van der Waals surface area contributed by atoms with E-state index in [0.29, 0.717) is 36.8 Å². The second-order valence-electron chi connectivity index (χ2n) is 12.6. The molecule has 4 heterocycles. The number of hydrogen-bond acceptors (Lipinski definition) is 8.